The lowest BCUT2D eigenvalue weighted by Gasteiger charge is -2.13. The molecule has 0 fully saturated rings. The number of amides is 1. The Morgan fingerprint density at radius 3 is 2.15 bits per heavy atom. The largest absolute Gasteiger partial charge is 0.493 e. The van der Waals surface area contributed by atoms with Crippen molar-refractivity contribution in [3.05, 3.63) is 104 Å². The standard InChI is InChI=1S/C22H18N4O7/c1-32-20-4-2-3-17(21(20)33-14-15-5-9-18(10-6-15)25(28)29)13-23-24-22(27)16-7-11-19(12-8-16)26(30)31/h2-13H,14H2,1H3,(H,24,27)/b23-13+. The molecule has 0 aliphatic rings. The molecule has 0 aliphatic carbocycles. The fourth-order valence-corrected chi connectivity index (χ4v) is 2.78. The minimum absolute atomic E-state index is 0.0207. The Morgan fingerprint density at radius 2 is 1.58 bits per heavy atom. The molecule has 11 heteroatoms. The van der Waals surface area contributed by atoms with Crippen LogP contribution in [0.2, 0.25) is 0 Å². The maximum Gasteiger partial charge on any atom is 0.271 e. The van der Waals surface area contributed by atoms with Gasteiger partial charge in [-0.05, 0) is 42.0 Å². The summed E-state index contributed by atoms with van der Waals surface area (Å²) in [7, 11) is 1.48. The molecule has 11 nitrogen and oxygen atoms in total. The second kappa shape index (κ2) is 10.5. The number of benzene rings is 3. The average molecular weight is 450 g/mol. The van der Waals surface area contributed by atoms with E-state index in [0.29, 0.717) is 22.6 Å². The van der Waals surface area contributed by atoms with Crippen molar-refractivity contribution in [2.75, 3.05) is 7.11 Å². The lowest BCUT2D eigenvalue weighted by Crippen LogP contribution is -2.17. The Kier molecular flexibility index (Phi) is 7.27. The lowest BCUT2D eigenvalue weighted by molar-refractivity contribution is -0.385. The Hall–Kier alpha value is -4.80. The lowest BCUT2D eigenvalue weighted by atomic mass is 10.2. The third-order valence-electron chi connectivity index (χ3n) is 4.47. The van der Waals surface area contributed by atoms with E-state index in [4.69, 9.17) is 9.47 Å². The molecule has 0 spiro atoms. The van der Waals surface area contributed by atoms with Gasteiger partial charge in [-0.2, -0.15) is 5.10 Å². The van der Waals surface area contributed by atoms with Gasteiger partial charge in [-0.15, -0.1) is 0 Å². The number of methoxy groups -OCH3 is 1. The molecule has 33 heavy (non-hydrogen) atoms. The molecule has 3 aromatic rings. The van der Waals surface area contributed by atoms with Gasteiger partial charge in [-0.25, -0.2) is 5.43 Å². The Bertz CT molecular complexity index is 1190. The van der Waals surface area contributed by atoms with Crippen molar-refractivity contribution in [2.24, 2.45) is 5.10 Å². The molecule has 0 aliphatic heterocycles. The van der Waals surface area contributed by atoms with Crippen LogP contribution in [-0.4, -0.2) is 29.1 Å². The number of para-hydroxylation sites is 1. The second-order valence-corrected chi connectivity index (χ2v) is 6.59. The first kappa shape index (κ1) is 22.9. The maximum absolute atomic E-state index is 12.2. The zero-order valence-corrected chi connectivity index (χ0v) is 17.3. The summed E-state index contributed by atoms with van der Waals surface area (Å²) in [5.74, 6) is 0.256. The summed E-state index contributed by atoms with van der Waals surface area (Å²) >= 11 is 0. The summed E-state index contributed by atoms with van der Waals surface area (Å²) in [5, 5.41) is 25.4. The fourth-order valence-electron chi connectivity index (χ4n) is 2.78. The van der Waals surface area contributed by atoms with Crippen LogP contribution in [0.5, 0.6) is 11.5 Å². The quantitative estimate of drug-likeness (QED) is 0.296. The highest BCUT2D eigenvalue weighted by atomic mass is 16.6. The van der Waals surface area contributed by atoms with Crippen LogP contribution in [-0.2, 0) is 6.61 Å². The smallest absolute Gasteiger partial charge is 0.271 e. The number of ether oxygens (including phenoxy) is 2. The van der Waals surface area contributed by atoms with Gasteiger partial charge >= 0.3 is 0 Å². The average Bonchev–Trinajstić information content (AvgIpc) is 2.83. The minimum Gasteiger partial charge on any atom is -0.493 e. The molecule has 0 heterocycles. The van der Waals surface area contributed by atoms with Gasteiger partial charge in [0.15, 0.2) is 11.5 Å². The predicted octanol–water partition coefficient (Wildman–Crippen LogP) is 3.85. The van der Waals surface area contributed by atoms with Crippen LogP contribution in [0, 0.1) is 20.2 Å². The van der Waals surface area contributed by atoms with E-state index in [2.05, 4.69) is 10.5 Å². The zero-order valence-electron chi connectivity index (χ0n) is 17.3. The molecule has 0 saturated heterocycles. The van der Waals surface area contributed by atoms with Crippen LogP contribution in [0.3, 0.4) is 0 Å². The fraction of sp³-hybridized carbons (Fsp3) is 0.0909. The van der Waals surface area contributed by atoms with Gasteiger partial charge < -0.3 is 9.47 Å². The van der Waals surface area contributed by atoms with Gasteiger partial charge in [0.1, 0.15) is 6.61 Å². The molecule has 1 amide bonds. The van der Waals surface area contributed by atoms with Gasteiger partial charge in [-0.3, -0.25) is 25.0 Å². The Morgan fingerprint density at radius 1 is 0.970 bits per heavy atom. The van der Waals surface area contributed by atoms with E-state index < -0.39 is 15.8 Å². The van der Waals surface area contributed by atoms with Gasteiger partial charge in [0, 0.05) is 35.4 Å². The molecule has 168 valence electrons. The van der Waals surface area contributed by atoms with E-state index in [1.165, 1.54) is 49.7 Å². The summed E-state index contributed by atoms with van der Waals surface area (Å²) in [6.45, 7) is 0.119. The van der Waals surface area contributed by atoms with Gasteiger partial charge in [0.25, 0.3) is 17.3 Å². The third kappa shape index (κ3) is 5.88. The van der Waals surface area contributed by atoms with Crippen molar-refractivity contribution >= 4 is 23.5 Å². The highest BCUT2D eigenvalue weighted by molar-refractivity contribution is 5.95. The number of nitrogens with one attached hydrogen (secondary N) is 1. The molecular formula is C22H18N4O7. The van der Waals surface area contributed by atoms with Crippen LogP contribution in [0.25, 0.3) is 0 Å². The number of hydrazone groups is 1. The highest BCUT2D eigenvalue weighted by Gasteiger charge is 2.12. The van der Waals surface area contributed by atoms with Crippen molar-refractivity contribution in [2.45, 2.75) is 6.61 Å². The molecule has 0 atom stereocenters. The minimum atomic E-state index is -0.555. The summed E-state index contributed by atoms with van der Waals surface area (Å²) in [5.41, 5.74) is 3.64. The predicted molar refractivity (Wildman–Crippen MR) is 119 cm³/mol. The Balaban J connectivity index is 1.71. The molecule has 0 saturated carbocycles. The third-order valence-corrected chi connectivity index (χ3v) is 4.47. The summed E-state index contributed by atoms with van der Waals surface area (Å²) in [6, 6.07) is 16.2. The normalized spacial score (nSPS) is 10.6. The number of nitro groups is 2. The number of nitro benzene ring substituents is 2. The van der Waals surface area contributed by atoms with Crippen LogP contribution >= 0.6 is 0 Å². The van der Waals surface area contributed by atoms with Crippen LogP contribution in [0.1, 0.15) is 21.5 Å². The van der Waals surface area contributed by atoms with Crippen LogP contribution in [0.15, 0.2) is 71.8 Å². The molecule has 1 N–H and O–H groups in total. The van der Waals surface area contributed by atoms with Crippen LogP contribution < -0.4 is 14.9 Å². The van der Waals surface area contributed by atoms with E-state index in [1.54, 1.807) is 30.3 Å². The van der Waals surface area contributed by atoms with E-state index in [0.717, 1.165) is 0 Å². The molecule has 0 bridgehead atoms. The van der Waals surface area contributed by atoms with Gasteiger partial charge in [0.2, 0.25) is 0 Å². The summed E-state index contributed by atoms with van der Waals surface area (Å²) in [6.07, 6.45) is 1.37. The number of non-ortho nitro benzene ring substituents is 2. The number of carbonyl (C=O) groups excluding carboxylic acids is 1. The van der Waals surface area contributed by atoms with E-state index >= 15 is 0 Å². The van der Waals surface area contributed by atoms with E-state index in [9.17, 15) is 25.0 Å². The first-order valence-corrected chi connectivity index (χ1v) is 9.50. The number of hydrogen-bond acceptors (Lipinski definition) is 8. The molecule has 0 unspecified atom stereocenters. The molecule has 0 radical (unpaired) electrons. The van der Waals surface area contributed by atoms with E-state index in [1.807, 2.05) is 0 Å². The van der Waals surface area contributed by atoms with E-state index in [-0.39, 0.29) is 23.5 Å². The van der Waals surface area contributed by atoms with Crippen LogP contribution in [0.4, 0.5) is 11.4 Å². The number of carbonyl (C=O) groups is 1. The summed E-state index contributed by atoms with van der Waals surface area (Å²) < 4.78 is 11.2. The summed E-state index contributed by atoms with van der Waals surface area (Å²) in [4.78, 5) is 32.7. The molecular weight excluding hydrogens is 432 g/mol. The zero-order chi connectivity index (χ0) is 23.8. The van der Waals surface area contributed by atoms with Crippen molar-refractivity contribution in [1.29, 1.82) is 0 Å². The molecule has 0 aromatic heterocycles. The van der Waals surface area contributed by atoms with Crippen molar-refractivity contribution in [3.8, 4) is 11.5 Å². The Labute approximate surface area is 187 Å². The molecule has 3 aromatic carbocycles. The molecule has 3 rings (SSSR count). The van der Waals surface area contributed by atoms with Gasteiger partial charge in [-0.1, -0.05) is 6.07 Å². The first-order valence-electron chi connectivity index (χ1n) is 9.50. The van der Waals surface area contributed by atoms with Crippen molar-refractivity contribution < 1.29 is 24.1 Å². The SMILES string of the molecule is COc1cccc(/C=N/NC(=O)c2ccc([N+](=O)[O-])cc2)c1OCc1ccc([N+](=O)[O-])cc1. The number of nitrogens with zero attached hydrogens (tertiary/aromatic N) is 3. The first-order chi connectivity index (χ1) is 15.9. The highest BCUT2D eigenvalue weighted by Crippen LogP contribution is 2.31. The maximum atomic E-state index is 12.2. The van der Waals surface area contributed by atoms with Crippen molar-refractivity contribution in [1.82, 2.24) is 5.43 Å². The second-order valence-electron chi connectivity index (χ2n) is 6.59. The topological polar surface area (TPSA) is 146 Å². The number of rotatable bonds is 9. The monoisotopic (exact) mass is 450 g/mol. The number of hydrogen-bond donors (Lipinski definition) is 1. The van der Waals surface area contributed by atoms with Crippen molar-refractivity contribution in [3.63, 3.8) is 0 Å². The van der Waals surface area contributed by atoms with Gasteiger partial charge in [0.05, 0.1) is 23.2 Å².